The second-order valence-corrected chi connectivity index (χ2v) is 6.23. The lowest BCUT2D eigenvalue weighted by atomic mass is 9.93. The van der Waals surface area contributed by atoms with Gasteiger partial charge in [-0.25, -0.2) is 0 Å². The third kappa shape index (κ3) is 3.17. The van der Waals surface area contributed by atoms with Crippen molar-refractivity contribution in [3.05, 3.63) is 62.1 Å². The molecule has 2 aromatic carbocycles. The second kappa shape index (κ2) is 6.17. The molecule has 2 aromatic rings. The minimum Gasteiger partial charge on any atom is -0.496 e. The predicted octanol–water partition coefficient (Wildman–Crippen LogP) is 4.78. The van der Waals surface area contributed by atoms with Gasteiger partial charge >= 0.3 is 0 Å². The van der Waals surface area contributed by atoms with Crippen LogP contribution in [0.3, 0.4) is 0 Å². The van der Waals surface area contributed by atoms with Gasteiger partial charge in [0, 0.05) is 15.1 Å². The zero-order valence-electron chi connectivity index (χ0n) is 11.7. The molecule has 0 bridgehead atoms. The molecular formula is C16H17BrClNO. The van der Waals surface area contributed by atoms with Crippen molar-refractivity contribution in [1.29, 1.82) is 0 Å². The molecule has 2 rings (SSSR count). The van der Waals surface area contributed by atoms with Gasteiger partial charge in [0.05, 0.1) is 13.2 Å². The third-order valence-electron chi connectivity index (χ3n) is 3.27. The van der Waals surface area contributed by atoms with E-state index in [-0.39, 0.29) is 6.04 Å². The maximum Gasteiger partial charge on any atom is 0.124 e. The summed E-state index contributed by atoms with van der Waals surface area (Å²) < 4.78 is 6.40. The molecule has 0 saturated carbocycles. The van der Waals surface area contributed by atoms with Gasteiger partial charge in [-0.15, -0.1) is 0 Å². The van der Waals surface area contributed by atoms with Gasteiger partial charge in [-0.05, 0) is 54.8 Å². The van der Waals surface area contributed by atoms with Crippen LogP contribution in [0.5, 0.6) is 5.75 Å². The van der Waals surface area contributed by atoms with E-state index in [1.165, 1.54) is 0 Å². The van der Waals surface area contributed by atoms with Gasteiger partial charge in [0.15, 0.2) is 0 Å². The van der Waals surface area contributed by atoms with E-state index in [1.807, 2.05) is 38.1 Å². The largest absolute Gasteiger partial charge is 0.496 e. The van der Waals surface area contributed by atoms with Crippen LogP contribution >= 0.6 is 27.5 Å². The van der Waals surface area contributed by atoms with Crippen LogP contribution in [0, 0.1) is 13.8 Å². The van der Waals surface area contributed by atoms with Crippen LogP contribution in [-0.4, -0.2) is 7.11 Å². The van der Waals surface area contributed by atoms with E-state index in [2.05, 4.69) is 22.0 Å². The van der Waals surface area contributed by atoms with E-state index in [1.54, 1.807) is 7.11 Å². The van der Waals surface area contributed by atoms with Crippen molar-refractivity contribution in [2.75, 3.05) is 7.11 Å². The van der Waals surface area contributed by atoms with Gasteiger partial charge in [-0.3, -0.25) is 0 Å². The van der Waals surface area contributed by atoms with Crippen molar-refractivity contribution in [3.63, 3.8) is 0 Å². The van der Waals surface area contributed by atoms with E-state index in [0.717, 1.165) is 32.5 Å². The number of nitrogens with two attached hydrogens (primary N) is 1. The summed E-state index contributed by atoms with van der Waals surface area (Å²) in [5.41, 5.74) is 10.6. The molecule has 20 heavy (non-hydrogen) atoms. The number of ether oxygens (including phenoxy) is 1. The fourth-order valence-corrected chi connectivity index (χ4v) is 3.31. The molecule has 0 amide bonds. The smallest absolute Gasteiger partial charge is 0.124 e. The minimum atomic E-state index is -0.277. The molecule has 2 nitrogen and oxygen atoms in total. The molecule has 0 aliphatic heterocycles. The fraction of sp³-hybridized carbons (Fsp3) is 0.250. The molecule has 0 spiro atoms. The van der Waals surface area contributed by atoms with Gasteiger partial charge < -0.3 is 10.5 Å². The first kappa shape index (κ1) is 15.4. The standard InChI is InChI=1S/C16H17BrClNO/c1-9-4-10(2)15(14(5-9)20-3)16(19)11-6-12(17)8-13(18)7-11/h4-8,16H,19H2,1-3H3. The number of benzene rings is 2. The Hall–Kier alpha value is -1.03. The predicted molar refractivity (Wildman–Crippen MR) is 87.7 cm³/mol. The summed E-state index contributed by atoms with van der Waals surface area (Å²) in [6.45, 7) is 4.09. The van der Waals surface area contributed by atoms with Crippen molar-refractivity contribution in [3.8, 4) is 5.75 Å². The van der Waals surface area contributed by atoms with E-state index in [0.29, 0.717) is 5.02 Å². The van der Waals surface area contributed by atoms with E-state index >= 15 is 0 Å². The number of aryl methyl sites for hydroxylation is 2. The maximum atomic E-state index is 6.42. The Labute approximate surface area is 133 Å². The van der Waals surface area contributed by atoms with Gasteiger partial charge in [-0.1, -0.05) is 33.6 Å². The van der Waals surface area contributed by atoms with Crippen molar-refractivity contribution in [1.82, 2.24) is 0 Å². The molecule has 0 radical (unpaired) electrons. The van der Waals surface area contributed by atoms with Crippen molar-refractivity contribution < 1.29 is 4.74 Å². The van der Waals surface area contributed by atoms with Crippen LogP contribution in [0.25, 0.3) is 0 Å². The summed E-state index contributed by atoms with van der Waals surface area (Å²) >= 11 is 9.55. The molecule has 0 aliphatic carbocycles. The number of methoxy groups -OCH3 is 1. The Morgan fingerprint density at radius 1 is 1.15 bits per heavy atom. The highest BCUT2D eigenvalue weighted by Crippen LogP contribution is 2.34. The average molecular weight is 355 g/mol. The molecule has 2 N–H and O–H groups in total. The molecule has 0 heterocycles. The summed E-state index contributed by atoms with van der Waals surface area (Å²) in [6.07, 6.45) is 0. The van der Waals surface area contributed by atoms with Crippen LogP contribution in [0.15, 0.2) is 34.8 Å². The van der Waals surface area contributed by atoms with Gasteiger partial charge in [0.2, 0.25) is 0 Å². The molecule has 106 valence electrons. The summed E-state index contributed by atoms with van der Waals surface area (Å²) in [7, 11) is 1.67. The van der Waals surface area contributed by atoms with Crippen molar-refractivity contribution in [2.45, 2.75) is 19.9 Å². The van der Waals surface area contributed by atoms with E-state index in [9.17, 15) is 0 Å². The topological polar surface area (TPSA) is 35.2 Å². The minimum absolute atomic E-state index is 0.277. The molecule has 4 heteroatoms. The van der Waals surface area contributed by atoms with Crippen LogP contribution in [-0.2, 0) is 0 Å². The quantitative estimate of drug-likeness (QED) is 0.861. The first-order valence-corrected chi connectivity index (χ1v) is 7.46. The van der Waals surface area contributed by atoms with E-state index < -0.39 is 0 Å². The van der Waals surface area contributed by atoms with Gasteiger partial charge in [-0.2, -0.15) is 0 Å². The highest BCUT2D eigenvalue weighted by Gasteiger charge is 2.18. The van der Waals surface area contributed by atoms with Crippen LogP contribution in [0.2, 0.25) is 5.02 Å². The molecule has 1 atom stereocenters. The van der Waals surface area contributed by atoms with Crippen molar-refractivity contribution >= 4 is 27.5 Å². The molecule has 0 fully saturated rings. The summed E-state index contributed by atoms with van der Waals surface area (Å²) in [6, 6.07) is 9.54. The van der Waals surface area contributed by atoms with Crippen LogP contribution in [0.4, 0.5) is 0 Å². The number of hydrogen-bond acceptors (Lipinski definition) is 2. The SMILES string of the molecule is COc1cc(C)cc(C)c1C(N)c1cc(Cl)cc(Br)c1. The third-order valence-corrected chi connectivity index (χ3v) is 3.94. The first-order chi connectivity index (χ1) is 9.42. The Balaban J connectivity index is 2.55. The van der Waals surface area contributed by atoms with Crippen molar-refractivity contribution in [2.24, 2.45) is 5.73 Å². The zero-order valence-corrected chi connectivity index (χ0v) is 14.0. The Kier molecular flexibility index (Phi) is 4.74. The van der Waals surface area contributed by atoms with Crippen LogP contribution in [0.1, 0.15) is 28.3 Å². The number of rotatable bonds is 3. The highest BCUT2D eigenvalue weighted by atomic mass is 79.9. The average Bonchev–Trinajstić information content (AvgIpc) is 2.35. The lowest BCUT2D eigenvalue weighted by Gasteiger charge is -2.20. The molecule has 1 unspecified atom stereocenters. The zero-order chi connectivity index (χ0) is 14.9. The fourth-order valence-electron chi connectivity index (χ4n) is 2.43. The summed E-state index contributed by atoms with van der Waals surface area (Å²) in [5, 5.41) is 0.661. The lowest BCUT2D eigenvalue weighted by Crippen LogP contribution is -2.15. The summed E-state index contributed by atoms with van der Waals surface area (Å²) in [4.78, 5) is 0. The first-order valence-electron chi connectivity index (χ1n) is 6.29. The summed E-state index contributed by atoms with van der Waals surface area (Å²) in [5.74, 6) is 0.811. The van der Waals surface area contributed by atoms with Gasteiger partial charge in [0.1, 0.15) is 5.75 Å². The molecular weight excluding hydrogens is 338 g/mol. The Morgan fingerprint density at radius 3 is 2.45 bits per heavy atom. The Bertz CT molecular complexity index is 622. The van der Waals surface area contributed by atoms with E-state index in [4.69, 9.17) is 22.1 Å². The monoisotopic (exact) mass is 353 g/mol. The van der Waals surface area contributed by atoms with Gasteiger partial charge in [0.25, 0.3) is 0 Å². The maximum absolute atomic E-state index is 6.42. The lowest BCUT2D eigenvalue weighted by molar-refractivity contribution is 0.407. The molecule has 0 saturated heterocycles. The highest BCUT2D eigenvalue weighted by molar-refractivity contribution is 9.10. The van der Waals surface area contributed by atoms with Crippen LogP contribution < -0.4 is 10.5 Å². The number of halogens is 2. The normalized spacial score (nSPS) is 12.3. The Morgan fingerprint density at radius 2 is 1.85 bits per heavy atom. The second-order valence-electron chi connectivity index (χ2n) is 4.88. The number of hydrogen-bond donors (Lipinski definition) is 1. The molecule has 0 aromatic heterocycles. The molecule has 0 aliphatic rings.